The maximum absolute atomic E-state index is 10.5. The van der Waals surface area contributed by atoms with Crippen LogP contribution in [0.4, 0.5) is 0 Å². The molecule has 5 nitrogen and oxygen atoms in total. The maximum atomic E-state index is 10.5. The van der Waals surface area contributed by atoms with Crippen LogP contribution in [-0.4, -0.2) is 17.3 Å². The Kier molecular flexibility index (Phi) is 2.43. The third-order valence-electron chi connectivity index (χ3n) is 1.42. The molecule has 0 aliphatic rings. The van der Waals surface area contributed by atoms with Gasteiger partial charge in [-0.25, -0.2) is 4.79 Å². The molecule has 1 N–H and O–H groups in total. The summed E-state index contributed by atoms with van der Waals surface area (Å²) in [6, 6.07) is 0. The van der Waals surface area contributed by atoms with Crippen LogP contribution in [0.3, 0.4) is 0 Å². The molecule has 0 aliphatic heterocycles. The number of H-pyrrole nitrogens is 1. The summed E-state index contributed by atoms with van der Waals surface area (Å²) in [4.78, 5) is 12.9. The van der Waals surface area contributed by atoms with E-state index in [1.165, 1.54) is 0 Å². The Morgan fingerprint density at radius 3 is 2.91 bits per heavy atom. The van der Waals surface area contributed by atoms with E-state index in [9.17, 15) is 4.79 Å². The standard InChI is InChI=1S/C6H10N2O3/c1-3-4(10-2)5-7-6(9)11-8-5/h4H,3H2,1-2H3,(H,7,8,9). The third-order valence-corrected chi connectivity index (χ3v) is 1.42. The number of ether oxygens (including phenoxy) is 1. The zero-order valence-electron chi connectivity index (χ0n) is 6.46. The summed E-state index contributed by atoms with van der Waals surface area (Å²) in [5.74, 6) is -0.101. The van der Waals surface area contributed by atoms with E-state index < -0.39 is 5.76 Å². The van der Waals surface area contributed by atoms with Gasteiger partial charge in [-0.1, -0.05) is 12.1 Å². The second kappa shape index (κ2) is 3.34. The molecule has 1 aromatic rings. The van der Waals surface area contributed by atoms with Crippen molar-refractivity contribution < 1.29 is 9.26 Å². The fourth-order valence-electron chi connectivity index (χ4n) is 0.852. The molecule has 0 saturated heterocycles. The van der Waals surface area contributed by atoms with Crippen molar-refractivity contribution in [1.82, 2.24) is 10.1 Å². The van der Waals surface area contributed by atoms with Crippen LogP contribution in [-0.2, 0) is 4.74 Å². The summed E-state index contributed by atoms with van der Waals surface area (Å²) in [5.41, 5.74) is 0. The minimum absolute atomic E-state index is 0.179. The Bertz CT molecular complexity index is 261. The van der Waals surface area contributed by atoms with E-state index >= 15 is 0 Å². The lowest BCUT2D eigenvalue weighted by Gasteiger charge is -2.06. The van der Waals surface area contributed by atoms with Crippen LogP contribution in [0.5, 0.6) is 0 Å². The van der Waals surface area contributed by atoms with Gasteiger partial charge in [-0.2, -0.15) is 0 Å². The van der Waals surface area contributed by atoms with Crippen LogP contribution < -0.4 is 5.76 Å². The molecule has 5 heteroatoms. The van der Waals surface area contributed by atoms with E-state index in [0.29, 0.717) is 5.82 Å². The van der Waals surface area contributed by atoms with Crippen molar-refractivity contribution in [2.24, 2.45) is 0 Å². The van der Waals surface area contributed by atoms with Crippen molar-refractivity contribution in [3.63, 3.8) is 0 Å². The normalized spacial score (nSPS) is 13.3. The fourth-order valence-corrected chi connectivity index (χ4v) is 0.852. The molecule has 0 saturated carbocycles. The molecule has 0 spiro atoms. The Balaban J connectivity index is 2.81. The Morgan fingerprint density at radius 1 is 1.82 bits per heavy atom. The second-order valence-corrected chi connectivity index (χ2v) is 2.11. The molecule has 0 amide bonds. The molecule has 11 heavy (non-hydrogen) atoms. The van der Waals surface area contributed by atoms with E-state index in [0.717, 1.165) is 6.42 Å². The van der Waals surface area contributed by atoms with Gasteiger partial charge in [0.2, 0.25) is 0 Å². The largest absolute Gasteiger partial charge is 0.438 e. The molecule has 0 radical (unpaired) electrons. The third kappa shape index (κ3) is 1.68. The average molecular weight is 158 g/mol. The van der Waals surface area contributed by atoms with Gasteiger partial charge in [0.25, 0.3) is 0 Å². The monoisotopic (exact) mass is 158 g/mol. The van der Waals surface area contributed by atoms with Gasteiger partial charge < -0.3 is 4.74 Å². The first-order valence-corrected chi connectivity index (χ1v) is 3.36. The number of rotatable bonds is 3. The first kappa shape index (κ1) is 8.00. The van der Waals surface area contributed by atoms with Crippen LogP contribution in [0, 0.1) is 0 Å². The van der Waals surface area contributed by atoms with Crippen LogP contribution in [0.15, 0.2) is 9.32 Å². The Hall–Kier alpha value is -1.10. The van der Waals surface area contributed by atoms with Crippen molar-refractivity contribution in [3.05, 3.63) is 16.4 Å². The Labute approximate surface area is 63.4 Å². The van der Waals surface area contributed by atoms with Gasteiger partial charge >= 0.3 is 5.76 Å². The van der Waals surface area contributed by atoms with Crippen LogP contribution in [0.1, 0.15) is 25.3 Å². The quantitative estimate of drug-likeness (QED) is 0.693. The zero-order valence-corrected chi connectivity index (χ0v) is 6.46. The molecule has 62 valence electrons. The molecule has 1 atom stereocenters. The highest BCUT2D eigenvalue weighted by molar-refractivity contribution is 4.84. The topological polar surface area (TPSA) is 68.1 Å². The van der Waals surface area contributed by atoms with Crippen molar-refractivity contribution in [2.45, 2.75) is 19.4 Å². The smallest absolute Gasteiger partial charge is 0.373 e. The van der Waals surface area contributed by atoms with E-state index in [4.69, 9.17) is 4.74 Å². The number of nitrogens with zero attached hydrogens (tertiary/aromatic N) is 1. The molecule has 0 fully saturated rings. The van der Waals surface area contributed by atoms with Gasteiger partial charge in [0, 0.05) is 7.11 Å². The lowest BCUT2D eigenvalue weighted by molar-refractivity contribution is 0.0903. The van der Waals surface area contributed by atoms with Gasteiger partial charge in [-0.05, 0) is 6.42 Å². The molecule has 1 heterocycles. The number of hydrogen-bond donors (Lipinski definition) is 1. The Morgan fingerprint density at radius 2 is 2.55 bits per heavy atom. The molecule has 0 bridgehead atoms. The number of methoxy groups -OCH3 is 1. The number of aromatic amines is 1. The first-order chi connectivity index (χ1) is 5.27. The van der Waals surface area contributed by atoms with Gasteiger partial charge in [-0.3, -0.25) is 9.51 Å². The summed E-state index contributed by atoms with van der Waals surface area (Å²) in [5, 5.41) is 3.49. The van der Waals surface area contributed by atoms with E-state index in [1.807, 2.05) is 6.92 Å². The highest BCUT2D eigenvalue weighted by Gasteiger charge is 2.12. The lowest BCUT2D eigenvalue weighted by Crippen LogP contribution is -2.04. The maximum Gasteiger partial charge on any atom is 0.438 e. The van der Waals surface area contributed by atoms with Crippen molar-refractivity contribution >= 4 is 0 Å². The summed E-state index contributed by atoms with van der Waals surface area (Å²) in [6.07, 6.45) is 0.570. The van der Waals surface area contributed by atoms with Gasteiger partial charge in [0.05, 0.1) is 0 Å². The number of hydrogen-bond acceptors (Lipinski definition) is 4. The highest BCUT2D eigenvalue weighted by atomic mass is 16.5. The molecular weight excluding hydrogens is 148 g/mol. The predicted molar refractivity (Wildman–Crippen MR) is 37.2 cm³/mol. The van der Waals surface area contributed by atoms with Crippen molar-refractivity contribution in [3.8, 4) is 0 Å². The fraction of sp³-hybridized carbons (Fsp3) is 0.667. The molecule has 0 aliphatic carbocycles. The highest BCUT2D eigenvalue weighted by Crippen LogP contribution is 2.13. The zero-order chi connectivity index (χ0) is 8.27. The lowest BCUT2D eigenvalue weighted by atomic mass is 10.3. The number of nitrogens with one attached hydrogen (secondary N) is 1. The van der Waals surface area contributed by atoms with Gasteiger partial charge in [-0.15, -0.1) is 0 Å². The molecular formula is C6H10N2O3. The second-order valence-electron chi connectivity index (χ2n) is 2.11. The van der Waals surface area contributed by atoms with Crippen molar-refractivity contribution in [2.75, 3.05) is 7.11 Å². The van der Waals surface area contributed by atoms with E-state index in [1.54, 1.807) is 7.11 Å². The summed E-state index contributed by atoms with van der Waals surface area (Å²) in [7, 11) is 1.56. The van der Waals surface area contributed by atoms with Crippen LogP contribution in [0.25, 0.3) is 0 Å². The van der Waals surface area contributed by atoms with Crippen molar-refractivity contribution in [1.29, 1.82) is 0 Å². The molecule has 0 aromatic carbocycles. The minimum Gasteiger partial charge on any atom is -0.373 e. The first-order valence-electron chi connectivity index (χ1n) is 3.36. The minimum atomic E-state index is -0.546. The molecule has 1 rings (SSSR count). The van der Waals surface area contributed by atoms with Crippen LogP contribution in [0.2, 0.25) is 0 Å². The number of aromatic nitrogens is 2. The summed E-state index contributed by atoms with van der Waals surface area (Å²) >= 11 is 0. The van der Waals surface area contributed by atoms with Gasteiger partial charge in [0.15, 0.2) is 5.82 Å². The molecule has 1 unspecified atom stereocenters. The van der Waals surface area contributed by atoms with E-state index in [-0.39, 0.29) is 6.10 Å². The van der Waals surface area contributed by atoms with E-state index in [2.05, 4.69) is 14.7 Å². The van der Waals surface area contributed by atoms with Crippen LogP contribution >= 0.6 is 0 Å². The van der Waals surface area contributed by atoms with Gasteiger partial charge in [0.1, 0.15) is 6.10 Å². The summed E-state index contributed by atoms with van der Waals surface area (Å²) in [6.45, 7) is 1.93. The SMILES string of the molecule is CCC(OC)c1noc(=O)[nH]1. The average Bonchev–Trinajstić information content (AvgIpc) is 2.39. The molecule has 1 aromatic heterocycles. The predicted octanol–water partition coefficient (Wildman–Crippen LogP) is 0.460. The summed E-state index contributed by atoms with van der Waals surface area (Å²) < 4.78 is 9.31.